The maximum absolute atomic E-state index is 13.0. The molecule has 0 aliphatic rings. The first-order valence-corrected chi connectivity index (χ1v) is 7.05. The summed E-state index contributed by atoms with van der Waals surface area (Å²) in [5.41, 5.74) is 0.994. The molecule has 0 aromatic heterocycles. The number of hydrogen-bond donors (Lipinski definition) is 2. The lowest BCUT2D eigenvalue weighted by Gasteiger charge is -2.19. The molecule has 4 heteroatoms. The van der Waals surface area contributed by atoms with Gasteiger partial charge in [-0.15, -0.1) is 0 Å². The molecule has 0 saturated heterocycles. The minimum Gasteiger partial charge on any atom is -0.392 e. The standard InChI is InChI=1S/C14H21BrFNO/c1-9(2)6-12(18)8-17-10(3)13-5-4-11(16)7-14(13)15/h4-5,7,9-10,12,17-18H,6,8H2,1-3H3. The van der Waals surface area contributed by atoms with Crippen LogP contribution in [0.4, 0.5) is 4.39 Å². The minimum atomic E-state index is -0.341. The molecule has 0 aliphatic heterocycles. The second-order valence-corrected chi connectivity index (χ2v) is 5.93. The minimum absolute atomic E-state index is 0.0711. The van der Waals surface area contributed by atoms with E-state index >= 15 is 0 Å². The molecule has 2 unspecified atom stereocenters. The molecule has 2 nitrogen and oxygen atoms in total. The van der Waals surface area contributed by atoms with Gasteiger partial charge in [-0.05, 0) is 37.0 Å². The van der Waals surface area contributed by atoms with Crippen molar-refractivity contribution < 1.29 is 9.50 Å². The van der Waals surface area contributed by atoms with Gasteiger partial charge in [0.05, 0.1) is 6.10 Å². The van der Waals surface area contributed by atoms with E-state index in [1.165, 1.54) is 12.1 Å². The molecule has 18 heavy (non-hydrogen) atoms. The molecule has 0 amide bonds. The highest BCUT2D eigenvalue weighted by Crippen LogP contribution is 2.24. The summed E-state index contributed by atoms with van der Waals surface area (Å²) in [5, 5.41) is 13.1. The second kappa shape index (κ2) is 7.22. The Morgan fingerprint density at radius 3 is 2.56 bits per heavy atom. The third-order valence-electron chi connectivity index (χ3n) is 2.83. The van der Waals surface area contributed by atoms with Crippen LogP contribution in [0, 0.1) is 11.7 Å². The molecule has 1 rings (SSSR count). The lowest BCUT2D eigenvalue weighted by molar-refractivity contribution is 0.143. The predicted molar refractivity (Wildman–Crippen MR) is 76.0 cm³/mol. The lowest BCUT2D eigenvalue weighted by Crippen LogP contribution is -2.30. The van der Waals surface area contributed by atoms with E-state index in [-0.39, 0.29) is 18.0 Å². The van der Waals surface area contributed by atoms with Gasteiger partial charge in [0, 0.05) is 17.1 Å². The first-order chi connectivity index (χ1) is 8.40. The van der Waals surface area contributed by atoms with Crippen LogP contribution in [-0.4, -0.2) is 17.8 Å². The molecule has 1 aromatic rings. The summed E-state index contributed by atoms with van der Waals surface area (Å²) in [6.07, 6.45) is 0.441. The number of halogens is 2. The van der Waals surface area contributed by atoms with Crippen molar-refractivity contribution in [2.45, 2.75) is 39.3 Å². The highest BCUT2D eigenvalue weighted by atomic mass is 79.9. The van der Waals surface area contributed by atoms with Crippen LogP contribution in [0.1, 0.15) is 38.8 Å². The van der Waals surface area contributed by atoms with Crippen LogP contribution in [0.25, 0.3) is 0 Å². The third kappa shape index (κ3) is 5.04. The van der Waals surface area contributed by atoms with Crippen molar-refractivity contribution >= 4 is 15.9 Å². The highest BCUT2D eigenvalue weighted by Gasteiger charge is 2.12. The van der Waals surface area contributed by atoms with Crippen molar-refractivity contribution in [3.8, 4) is 0 Å². The summed E-state index contributed by atoms with van der Waals surface area (Å²) in [6, 6.07) is 4.73. The summed E-state index contributed by atoms with van der Waals surface area (Å²) in [5.74, 6) is 0.229. The van der Waals surface area contributed by atoms with Crippen LogP contribution in [-0.2, 0) is 0 Å². The monoisotopic (exact) mass is 317 g/mol. The summed E-state index contributed by atoms with van der Waals surface area (Å²) in [6.45, 7) is 6.72. The van der Waals surface area contributed by atoms with Gasteiger partial charge in [0.25, 0.3) is 0 Å². The summed E-state index contributed by atoms with van der Waals surface area (Å²) in [7, 11) is 0. The quantitative estimate of drug-likeness (QED) is 0.839. The zero-order chi connectivity index (χ0) is 13.7. The zero-order valence-electron chi connectivity index (χ0n) is 11.1. The molecule has 1 aromatic carbocycles. The Morgan fingerprint density at radius 1 is 1.33 bits per heavy atom. The molecule has 0 radical (unpaired) electrons. The molecule has 2 atom stereocenters. The van der Waals surface area contributed by atoms with E-state index < -0.39 is 0 Å². The van der Waals surface area contributed by atoms with E-state index in [9.17, 15) is 9.50 Å². The molecular formula is C14H21BrFNO. The maximum atomic E-state index is 13.0. The summed E-state index contributed by atoms with van der Waals surface area (Å²) >= 11 is 3.35. The highest BCUT2D eigenvalue weighted by molar-refractivity contribution is 9.10. The Bertz CT molecular complexity index is 384. The van der Waals surface area contributed by atoms with Crippen LogP contribution in [0.15, 0.2) is 22.7 Å². The van der Waals surface area contributed by atoms with E-state index in [0.29, 0.717) is 12.5 Å². The molecule has 0 aliphatic carbocycles. The Balaban J connectivity index is 2.52. The fraction of sp³-hybridized carbons (Fsp3) is 0.571. The molecular weight excluding hydrogens is 297 g/mol. The fourth-order valence-corrected chi connectivity index (χ4v) is 2.60. The zero-order valence-corrected chi connectivity index (χ0v) is 12.7. The van der Waals surface area contributed by atoms with Gasteiger partial charge < -0.3 is 10.4 Å². The average molecular weight is 318 g/mol. The molecule has 0 fully saturated rings. The molecule has 0 bridgehead atoms. The topological polar surface area (TPSA) is 32.3 Å². The predicted octanol–water partition coefficient (Wildman–Crippen LogP) is 3.65. The maximum Gasteiger partial charge on any atom is 0.124 e. The molecule has 0 spiro atoms. The van der Waals surface area contributed by atoms with Crippen molar-refractivity contribution in [2.24, 2.45) is 5.92 Å². The summed E-state index contributed by atoms with van der Waals surface area (Å²) < 4.78 is 13.7. The number of hydrogen-bond acceptors (Lipinski definition) is 2. The van der Waals surface area contributed by atoms with Crippen LogP contribution < -0.4 is 5.32 Å². The Labute approximate surface area is 117 Å². The fourth-order valence-electron chi connectivity index (χ4n) is 1.90. The van der Waals surface area contributed by atoms with Gasteiger partial charge in [0.15, 0.2) is 0 Å². The first-order valence-electron chi connectivity index (χ1n) is 6.26. The third-order valence-corrected chi connectivity index (χ3v) is 3.52. The molecule has 0 saturated carbocycles. The number of nitrogens with one attached hydrogen (secondary N) is 1. The van der Waals surface area contributed by atoms with Crippen molar-refractivity contribution in [2.75, 3.05) is 6.54 Å². The number of aliphatic hydroxyl groups excluding tert-OH is 1. The van der Waals surface area contributed by atoms with Crippen molar-refractivity contribution in [1.82, 2.24) is 5.32 Å². The first kappa shape index (κ1) is 15.6. The SMILES string of the molecule is CC(C)CC(O)CNC(C)c1ccc(F)cc1Br. The van der Waals surface area contributed by atoms with Crippen molar-refractivity contribution in [1.29, 1.82) is 0 Å². The van der Waals surface area contributed by atoms with Crippen LogP contribution in [0.5, 0.6) is 0 Å². The van der Waals surface area contributed by atoms with Gasteiger partial charge in [-0.25, -0.2) is 4.39 Å². The van der Waals surface area contributed by atoms with E-state index in [4.69, 9.17) is 0 Å². The second-order valence-electron chi connectivity index (χ2n) is 5.08. The van der Waals surface area contributed by atoms with E-state index in [1.54, 1.807) is 6.07 Å². The van der Waals surface area contributed by atoms with Gasteiger partial charge in [-0.3, -0.25) is 0 Å². The van der Waals surface area contributed by atoms with Gasteiger partial charge >= 0.3 is 0 Å². The van der Waals surface area contributed by atoms with E-state index in [1.807, 2.05) is 6.92 Å². The number of aliphatic hydroxyl groups is 1. The molecule has 102 valence electrons. The van der Waals surface area contributed by atoms with Crippen LogP contribution in [0.3, 0.4) is 0 Å². The van der Waals surface area contributed by atoms with Gasteiger partial charge in [0.1, 0.15) is 5.82 Å². The van der Waals surface area contributed by atoms with Crippen molar-refractivity contribution in [3.05, 3.63) is 34.1 Å². The van der Waals surface area contributed by atoms with Gasteiger partial charge in [-0.2, -0.15) is 0 Å². The lowest BCUT2D eigenvalue weighted by atomic mass is 10.0. The Hall–Kier alpha value is -0.450. The smallest absolute Gasteiger partial charge is 0.124 e. The number of benzene rings is 1. The number of rotatable bonds is 6. The van der Waals surface area contributed by atoms with E-state index in [2.05, 4.69) is 35.1 Å². The van der Waals surface area contributed by atoms with Gasteiger partial charge in [-0.1, -0.05) is 35.8 Å². The average Bonchev–Trinajstić information content (AvgIpc) is 2.25. The largest absolute Gasteiger partial charge is 0.392 e. The van der Waals surface area contributed by atoms with Gasteiger partial charge in [0.2, 0.25) is 0 Å². The normalized spacial score (nSPS) is 14.8. The molecule has 0 heterocycles. The van der Waals surface area contributed by atoms with Crippen LogP contribution >= 0.6 is 15.9 Å². The molecule has 2 N–H and O–H groups in total. The van der Waals surface area contributed by atoms with Crippen LogP contribution in [0.2, 0.25) is 0 Å². The summed E-state index contributed by atoms with van der Waals surface area (Å²) in [4.78, 5) is 0. The Morgan fingerprint density at radius 2 is 2.00 bits per heavy atom. The Kier molecular flexibility index (Phi) is 6.26. The van der Waals surface area contributed by atoms with E-state index in [0.717, 1.165) is 16.5 Å². The van der Waals surface area contributed by atoms with Crippen molar-refractivity contribution in [3.63, 3.8) is 0 Å².